The zero-order valence-electron chi connectivity index (χ0n) is 11.2. The number of hydrogen-bond donors (Lipinski definition) is 0. The first kappa shape index (κ1) is 15.8. The van der Waals surface area contributed by atoms with Crippen molar-refractivity contribution in [3.05, 3.63) is 57.7 Å². The molecule has 0 radical (unpaired) electrons. The van der Waals surface area contributed by atoms with E-state index in [1.54, 1.807) is 6.07 Å². The Labute approximate surface area is 141 Å². The van der Waals surface area contributed by atoms with Crippen LogP contribution in [0.2, 0.25) is 0 Å². The molecule has 0 atom stereocenters. The predicted octanol–water partition coefficient (Wildman–Crippen LogP) is 4.09. The first-order valence-electron chi connectivity index (χ1n) is 6.26. The number of halogens is 5. The molecule has 9 heteroatoms. The summed E-state index contributed by atoms with van der Waals surface area (Å²) in [6.45, 7) is 0. The molecule has 0 aliphatic rings. The largest absolute Gasteiger partial charge is 0.416 e. The second kappa shape index (κ2) is 5.87. The van der Waals surface area contributed by atoms with Crippen molar-refractivity contribution in [1.29, 1.82) is 0 Å². The molecule has 0 fully saturated rings. The Kier molecular flexibility index (Phi) is 4.04. The van der Waals surface area contributed by atoms with Gasteiger partial charge in [0.1, 0.15) is 17.2 Å². The van der Waals surface area contributed by atoms with E-state index in [1.807, 2.05) is 22.6 Å². The quantitative estimate of drug-likeness (QED) is 0.451. The van der Waals surface area contributed by atoms with Crippen LogP contribution in [0.4, 0.5) is 17.6 Å². The summed E-state index contributed by atoms with van der Waals surface area (Å²) in [5.74, 6) is -0.509. The average Bonchev–Trinajstić information content (AvgIpc) is 2.96. The maximum Gasteiger partial charge on any atom is 0.416 e. The van der Waals surface area contributed by atoms with Crippen LogP contribution in [0.15, 0.2) is 42.7 Å². The Morgan fingerprint density at radius 1 is 1.04 bits per heavy atom. The number of pyridine rings is 1. The van der Waals surface area contributed by atoms with Gasteiger partial charge in [0.05, 0.1) is 17.5 Å². The fraction of sp³-hybridized carbons (Fsp3) is 0.0714. The molecule has 0 bridgehead atoms. The highest BCUT2D eigenvalue weighted by atomic mass is 127. The maximum absolute atomic E-state index is 13.9. The summed E-state index contributed by atoms with van der Waals surface area (Å²) >= 11 is 1.97. The molecule has 0 amide bonds. The Morgan fingerprint density at radius 3 is 2.52 bits per heavy atom. The van der Waals surface area contributed by atoms with E-state index < -0.39 is 17.6 Å². The van der Waals surface area contributed by atoms with Gasteiger partial charge in [-0.3, -0.25) is 4.98 Å². The standard InChI is InChI=1S/C14H7F4IN4/c15-10-6-9(19)1-2-13(10)23-7-12(21-22-23)11-5-8(3-4-20-11)14(16,17)18/h1-7H. The molecule has 0 spiro atoms. The van der Waals surface area contributed by atoms with Gasteiger partial charge in [0, 0.05) is 9.77 Å². The van der Waals surface area contributed by atoms with Gasteiger partial charge in [-0.1, -0.05) is 5.21 Å². The Balaban J connectivity index is 1.99. The van der Waals surface area contributed by atoms with Gasteiger partial charge in [0.25, 0.3) is 0 Å². The topological polar surface area (TPSA) is 43.6 Å². The van der Waals surface area contributed by atoms with Crippen LogP contribution in [-0.2, 0) is 6.18 Å². The summed E-state index contributed by atoms with van der Waals surface area (Å²) < 4.78 is 54.0. The Hall–Kier alpha value is -2.04. The van der Waals surface area contributed by atoms with Crippen LogP contribution in [0.5, 0.6) is 0 Å². The summed E-state index contributed by atoms with van der Waals surface area (Å²) in [7, 11) is 0. The van der Waals surface area contributed by atoms with Crippen LogP contribution in [0, 0.1) is 9.39 Å². The normalized spacial score (nSPS) is 11.7. The summed E-state index contributed by atoms with van der Waals surface area (Å²) in [4.78, 5) is 3.86. The smallest absolute Gasteiger partial charge is 0.254 e. The molecule has 0 saturated carbocycles. The van der Waals surface area contributed by atoms with Gasteiger partial charge in [0.2, 0.25) is 0 Å². The van der Waals surface area contributed by atoms with Crippen LogP contribution in [-0.4, -0.2) is 20.0 Å². The lowest BCUT2D eigenvalue weighted by Crippen LogP contribution is -2.05. The highest BCUT2D eigenvalue weighted by Crippen LogP contribution is 2.30. The number of nitrogens with zero attached hydrogens (tertiary/aromatic N) is 4. The van der Waals surface area contributed by atoms with E-state index in [0.29, 0.717) is 3.57 Å². The van der Waals surface area contributed by atoms with E-state index in [0.717, 1.165) is 23.0 Å². The van der Waals surface area contributed by atoms with Crippen molar-refractivity contribution >= 4 is 22.6 Å². The number of alkyl halides is 3. The predicted molar refractivity (Wildman–Crippen MR) is 82.3 cm³/mol. The molecule has 23 heavy (non-hydrogen) atoms. The van der Waals surface area contributed by atoms with Crippen molar-refractivity contribution in [3.63, 3.8) is 0 Å². The van der Waals surface area contributed by atoms with Gasteiger partial charge in [-0.25, -0.2) is 9.07 Å². The van der Waals surface area contributed by atoms with Crippen molar-refractivity contribution in [3.8, 4) is 17.1 Å². The second-order valence-electron chi connectivity index (χ2n) is 4.57. The van der Waals surface area contributed by atoms with Crippen molar-refractivity contribution in [2.75, 3.05) is 0 Å². The third kappa shape index (κ3) is 3.33. The van der Waals surface area contributed by atoms with Gasteiger partial charge in [-0.15, -0.1) is 5.10 Å². The minimum absolute atomic E-state index is 0.0111. The lowest BCUT2D eigenvalue weighted by Gasteiger charge is -2.06. The molecular weight excluding hydrogens is 427 g/mol. The lowest BCUT2D eigenvalue weighted by molar-refractivity contribution is -0.137. The number of aromatic nitrogens is 4. The number of hydrogen-bond acceptors (Lipinski definition) is 3. The van der Waals surface area contributed by atoms with Gasteiger partial charge in [-0.2, -0.15) is 13.2 Å². The van der Waals surface area contributed by atoms with Crippen LogP contribution in [0.25, 0.3) is 17.1 Å². The molecule has 0 aliphatic heterocycles. The van der Waals surface area contributed by atoms with Crippen molar-refractivity contribution in [1.82, 2.24) is 20.0 Å². The third-order valence-electron chi connectivity index (χ3n) is 3.00. The maximum atomic E-state index is 13.9. The molecule has 2 heterocycles. The van der Waals surface area contributed by atoms with E-state index in [1.165, 1.54) is 18.3 Å². The highest BCUT2D eigenvalue weighted by molar-refractivity contribution is 14.1. The molecule has 2 aromatic heterocycles. The molecule has 3 rings (SSSR count). The Bertz CT molecular complexity index is 860. The van der Waals surface area contributed by atoms with Crippen LogP contribution >= 0.6 is 22.6 Å². The highest BCUT2D eigenvalue weighted by Gasteiger charge is 2.31. The molecule has 0 saturated heterocycles. The summed E-state index contributed by atoms with van der Waals surface area (Å²) in [5, 5.41) is 7.51. The monoisotopic (exact) mass is 434 g/mol. The zero-order valence-corrected chi connectivity index (χ0v) is 13.4. The van der Waals surface area contributed by atoms with Gasteiger partial charge >= 0.3 is 6.18 Å². The van der Waals surface area contributed by atoms with Crippen LogP contribution in [0.1, 0.15) is 5.56 Å². The molecule has 0 unspecified atom stereocenters. The average molecular weight is 434 g/mol. The molecule has 0 aliphatic carbocycles. The number of rotatable bonds is 2. The zero-order chi connectivity index (χ0) is 16.6. The minimum atomic E-state index is -4.48. The molecule has 1 aromatic carbocycles. The van der Waals surface area contributed by atoms with Crippen molar-refractivity contribution in [2.45, 2.75) is 6.18 Å². The van der Waals surface area contributed by atoms with Gasteiger partial charge < -0.3 is 0 Å². The third-order valence-corrected chi connectivity index (χ3v) is 3.67. The first-order chi connectivity index (χ1) is 10.8. The van der Waals surface area contributed by atoms with Crippen LogP contribution < -0.4 is 0 Å². The summed E-state index contributed by atoms with van der Waals surface area (Å²) in [5.41, 5.74) is -0.556. The van der Waals surface area contributed by atoms with Crippen LogP contribution in [0.3, 0.4) is 0 Å². The fourth-order valence-corrected chi connectivity index (χ4v) is 2.37. The first-order valence-corrected chi connectivity index (χ1v) is 7.34. The van der Waals surface area contributed by atoms with Gasteiger partial charge in [-0.05, 0) is 52.9 Å². The second-order valence-corrected chi connectivity index (χ2v) is 5.82. The molecule has 0 N–H and O–H groups in total. The lowest BCUT2D eigenvalue weighted by atomic mass is 10.2. The van der Waals surface area contributed by atoms with Crippen molar-refractivity contribution < 1.29 is 17.6 Å². The summed E-state index contributed by atoms with van der Waals surface area (Å²) in [6, 6.07) is 6.25. The minimum Gasteiger partial charge on any atom is -0.254 e. The van der Waals surface area contributed by atoms with E-state index >= 15 is 0 Å². The molecule has 3 aromatic rings. The SMILES string of the molecule is Fc1cc(I)ccc1-n1cc(-c2cc(C(F)(F)F)ccn2)nn1. The van der Waals surface area contributed by atoms with E-state index in [-0.39, 0.29) is 17.1 Å². The number of benzene rings is 1. The van der Waals surface area contributed by atoms with Gasteiger partial charge in [0.15, 0.2) is 0 Å². The van der Waals surface area contributed by atoms with E-state index in [2.05, 4.69) is 15.3 Å². The molecule has 4 nitrogen and oxygen atoms in total. The van der Waals surface area contributed by atoms with E-state index in [9.17, 15) is 17.6 Å². The van der Waals surface area contributed by atoms with Crippen molar-refractivity contribution in [2.24, 2.45) is 0 Å². The summed E-state index contributed by atoms with van der Waals surface area (Å²) in [6.07, 6.45) is -2.10. The fourth-order valence-electron chi connectivity index (χ4n) is 1.91. The Morgan fingerprint density at radius 2 is 1.83 bits per heavy atom. The van der Waals surface area contributed by atoms with E-state index in [4.69, 9.17) is 0 Å². The molecular formula is C14H7F4IN4. The molecule has 118 valence electrons.